The van der Waals surface area contributed by atoms with Gasteiger partial charge in [0, 0.05) is 16.5 Å². The van der Waals surface area contributed by atoms with Gasteiger partial charge < -0.3 is 15.6 Å². The Bertz CT molecular complexity index is 711. The van der Waals surface area contributed by atoms with Gasteiger partial charge in [0.1, 0.15) is 23.1 Å². The second-order valence-electron chi connectivity index (χ2n) is 4.29. The maximum absolute atomic E-state index is 13.6. The summed E-state index contributed by atoms with van der Waals surface area (Å²) in [6, 6.07) is 5.27. The van der Waals surface area contributed by atoms with Gasteiger partial charge in [0.25, 0.3) is 5.91 Å². The van der Waals surface area contributed by atoms with E-state index in [0.717, 1.165) is 27.8 Å². The maximum atomic E-state index is 13.6. The Balaban J connectivity index is 2.11. The lowest BCUT2D eigenvalue weighted by Crippen LogP contribution is -2.13. The summed E-state index contributed by atoms with van der Waals surface area (Å²) in [5.74, 6) is -2.36. The number of aromatic carboxylic acids is 1. The molecule has 0 saturated heterocycles. The van der Waals surface area contributed by atoms with Gasteiger partial charge in [-0.3, -0.25) is 4.79 Å². The van der Waals surface area contributed by atoms with Gasteiger partial charge in [0.2, 0.25) is 0 Å². The van der Waals surface area contributed by atoms with Gasteiger partial charge in [-0.15, -0.1) is 11.3 Å². The van der Waals surface area contributed by atoms with Crippen LogP contribution in [0.4, 0.5) is 4.39 Å². The molecule has 1 heterocycles. The fourth-order valence-electron chi connectivity index (χ4n) is 1.72. The number of carboxylic acids is 1. The number of amides is 1. The first-order valence-corrected chi connectivity index (χ1v) is 6.75. The molecule has 0 radical (unpaired) electrons. The van der Waals surface area contributed by atoms with Crippen LogP contribution >= 0.6 is 11.3 Å². The summed E-state index contributed by atoms with van der Waals surface area (Å²) in [5, 5.41) is 8.90. The minimum Gasteiger partial charge on any atom is -0.489 e. The Morgan fingerprint density at radius 3 is 2.62 bits per heavy atom. The minimum atomic E-state index is -0.994. The Kier molecular flexibility index (Phi) is 4.23. The number of primary amides is 1. The molecule has 0 saturated carbocycles. The highest BCUT2D eigenvalue weighted by Gasteiger charge is 2.13. The fourth-order valence-corrected chi connectivity index (χ4v) is 2.58. The Morgan fingerprint density at radius 2 is 2.10 bits per heavy atom. The van der Waals surface area contributed by atoms with E-state index in [0.29, 0.717) is 0 Å². The number of carbonyl (C=O) groups excluding carboxylic acids is 1. The van der Waals surface area contributed by atoms with Crippen molar-refractivity contribution < 1.29 is 23.8 Å². The van der Waals surface area contributed by atoms with E-state index < -0.39 is 17.7 Å². The van der Waals surface area contributed by atoms with E-state index in [-0.39, 0.29) is 22.8 Å². The zero-order valence-corrected chi connectivity index (χ0v) is 11.9. The van der Waals surface area contributed by atoms with Crippen LogP contribution in [-0.2, 0) is 6.61 Å². The number of hydrogen-bond acceptors (Lipinski definition) is 4. The molecule has 7 heteroatoms. The SMILES string of the molecule is Cc1sc(C(=O)O)cc1COc1ccc(C(N)=O)c(F)c1. The lowest BCUT2D eigenvalue weighted by atomic mass is 10.2. The number of halogens is 1. The lowest BCUT2D eigenvalue weighted by molar-refractivity contribution is 0.0701. The summed E-state index contributed by atoms with van der Waals surface area (Å²) in [6.07, 6.45) is 0. The topological polar surface area (TPSA) is 89.6 Å². The minimum absolute atomic E-state index is 0.116. The van der Waals surface area contributed by atoms with E-state index in [9.17, 15) is 14.0 Å². The molecular weight excluding hydrogens is 297 g/mol. The van der Waals surface area contributed by atoms with E-state index in [2.05, 4.69) is 0 Å². The van der Waals surface area contributed by atoms with E-state index in [1.807, 2.05) is 0 Å². The van der Waals surface area contributed by atoms with Gasteiger partial charge in [0.05, 0.1) is 5.56 Å². The molecule has 21 heavy (non-hydrogen) atoms. The van der Waals surface area contributed by atoms with Crippen molar-refractivity contribution >= 4 is 23.2 Å². The first-order valence-electron chi connectivity index (χ1n) is 5.93. The summed E-state index contributed by atoms with van der Waals surface area (Å²) >= 11 is 1.15. The predicted molar refractivity (Wildman–Crippen MR) is 75.3 cm³/mol. The van der Waals surface area contributed by atoms with Gasteiger partial charge in [0.15, 0.2) is 0 Å². The molecule has 0 bridgehead atoms. The third-order valence-corrected chi connectivity index (χ3v) is 3.91. The number of thiophene rings is 1. The molecule has 0 aliphatic carbocycles. The highest BCUT2D eigenvalue weighted by Crippen LogP contribution is 2.24. The quantitative estimate of drug-likeness (QED) is 0.888. The van der Waals surface area contributed by atoms with Crippen LogP contribution in [0.25, 0.3) is 0 Å². The number of hydrogen-bond donors (Lipinski definition) is 2. The third-order valence-electron chi connectivity index (χ3n) is 2.83. The van der Waals surface area contributed by atoms with Gasteiger partial charge >= 0.3 is 5.97 Å². The Morgan fingerprint density at radius 1 is 1.38 bits per heavy atom. The molecule has 0 unspecified atom stereocenters. The van der Waals surface area contributed by atoms with Crippen LogP contribution in [0.3, 0.4) is 0 Å². The standard InChI is InChI=1S/C14H12FNO4S/c1-7-8(4-12(21-7)14(18)19)6-20-9-2-3-10(13(16)17)11(15)5-9/h2-5H,6H2,1H3,(H2,16,17)(H,18,19). The summed E-state index contributed by atoms with van der Waals surface area (Å²) in [4.78, 5) is 22.8. The van der Waals surface area contributed by atoms with Gasteiger partial charge in [-0.2, -0.15) is 0 Å². The molecule has 0 spiro atoms. The molecule has 0 aliphatic rings. The van der Waals surface area contributed by atoms with Crippen molar-refractivity contribution in [3.05, 3.63) is 51.0 Å². The average molecular weight is 309 g/mol. The van der Waals surface area contributed by atoms with Gasteiger partial charge in [-0.25, -0.2) is 9.18 Å². The molecule has 0 fully saturated rings. The van der Waals surface area contributed by atoms with Crippen LogP contribution in [0.2, 0.25) is 0 Å². The van der Waals surface area contributed by atoms with Gasteiger partial charge in [-0.05, 0) is 25.1 Å². The largest absolute Gasteiger partial charge is 0.489 e. The van der Waals surface area contributed by atoms with Crippen LogP contribution in [0.1, 0.15) is 30.5 Å². The second kappa shape index (κ2) is 5.92. The number of benzene rings is 1. The monoisotopic (exact) mass is 309 g/mol. The van der Waals surface area contributed by atoms with Crippen molar-refractivity contribution in [2.24, 2.45) is 5.73 Å². The van der Waals surface area contributed by atoms with Crippen LogP contribution < -0.4 is 10.5 Å². The van der Waals surface area contributed by atoms with Crippen molar-refractivity contribution in [1.29, 1.82) is 0 Å². The zero-order chi connectivity index (χ0) is 15.6. The van der Waals surface area contributed by atoms with E-state index in [1.54, 1.807) is 6.92 Å². The van der Waals surface area contributed by atoms with E-state index >= 15 is 0 Å². The molecule has 1 amide bonds. The number of nitrogens with two attached hydrogens (primary N) is 1. The molecule has 1 aromatic heterocycles. The van der Waals surface area contributed by atoms with Crippen LogP contribution in [0.15, 0.2) is 24.3 Å². The molecule has 3 N–H and O–H groups in total. The molecule has 110 valence electrons. The number of rotatable bonds is 5. The first-order chi connectivity index (χ1) is 9.88. The van der Waals surface area contributed by atoms with E-state index in [4.69, 9.17) is 15.6 Å². The fraction of sp³-hybridized carbons (Fsp3) is 0.143. The molecule has 0 atom stereocenters. The average Bonchev–Trinajstić information content (AvgIpc) is 2.77. The molecule has 1 aromatic carbocycles. The number of aryl methyl sites for hydroxylation is 1. The molecule has 2 aromatic rings. The van der Waals surface area contributed by atoms with Crippen molar-refractivity contribution in [2.75, 3.05) is 0 Å². The van der Waals surface area contributed by atoms with Crippen LogP contribution in [0, 0.1) is 12.7 Å². The van der Waals surface area contributed by atoms with Crippen LogP contribution in [0.5, 0.6) is 5.75 Å². The molecule has 5 nitrogen and oxygen atoms in total. The van der Waals surface area contributed by atoms with Gasteiger partial charge in [-0.1, -0.05) is 0 Å². The van der Waals surface area contributed by atoms with E-state index in [1.165, 1.54) is 18.2 Å². The normalized spacial score (nSPS) is 10.4. The second-order valence-corrected chi connectivity index (χ2v) is 5.55. The zero-order valence-electron chi connectivity index (χ0n) is 11.1. The smallest absolute Gasteiger partial charge is 0.345 e. The predicted octanol–water partition coefficient (Wildman–Crippen LogP) is 2.57. The molecular formula is C14H12FNO4S. The summed E-state index contributed by atoms with van der Waals surface area (Å²) in [5.41, 5.74) is 5.52. The molecule has 2 rings (SSSR count). The maximum Gasteiger partial charge on any atom is 0.345 e. The number of ether oxygens (including phenoxy) is 1. The van der Waals surface area contributed by atoms with Crippen molar-refractivity contribution in [1.82, 2.24) is 0 Å². The highest BCUT2D eigenvalue weighted by atomic mass is 32.1. The Hall–Kier alpha value is -2.41. The first kappa shape index (κ1) is 15.0. The molecule has 0 aliphatic heterocycles. The van der Waals surface area contributed by atoms with Crippen LogP contribution in [-0.4, -0.2) is 17.0 Å². The number of carboxylic acid groups (broad SMARTS) is 1. The van der Waals surface area contributed by atoms with Crippen molar-refractivity contribution in [3.63, 3.8) is 0 Å². The summed E-state index contributed by atoms with van der Waals surface area (Å²) in [6.45, 7) is 1.90. The summed E-state index contributed by atoms with van der Waals surface area (Å²) < 4.78 is 19.0. The lowest BCUT2D eigenvalue weighted by Gasteiger charge is -2.07. The van der Waals surface area contributed by atoms with Crippen molar-refractivity contribution in [3.8, 4) is 5.75 Å². The Labute approximate surface area is 123 Å². The highest BCUT2D eigenvalue weighted by molar-refractivity contribution is 7.14. The third kappa shape index (κ3) is 3.38. The number of carbonyl (C=O) groups is 2. The van der Waals surface area contributed by atoms with Crippen molar-refractivity contribution in [2.45, 2.75) is 13.5 Å². The summed E-state index contributed by atoms with van der Waals surface area (Å²) in [7, 11) is 0.